The average Bonchev–Trinajstić information content (AvgIpc) is 2.80. The van der Waals surface area contributed by atoms with Crippen molar-refractivity contribution in [2.75, 3.05) is 13.2 Å². The lowest BCUT2D eigenvalue weighted by Crippen LogP contribution is -2.17. The number of amides is 1. The molecule has 1 amide bonds. The van der Waals surface area contributed by atoms with Gasteiger partial charge < -0.3 is 14.2 Å². The second kappa shape index (κ2) is 11.5. The first kappa shape index (κ1) is 22.8. The largest absolute Gasteiger partial charge is 0.494 e. The molecule has 0 unspecified atom stereocenters. The summed E-state index contributed by atoms with van der Waals surface area (Å²) in [6, 6.07) is 18.3. The summed E-state index contributed by atoms with van der Waals surface area (Å²) in [6.45, 7) is 5.08. The van der Waals surface area contributed by atoms with Gasteiger partial charge in [-0.2, -0.15) is 5.10 Å². The normalized spacial score (nSPS) is 10.7. The first-order valence-corrected chi connectivity index (χ1v) is 10.3. The molecular formula is C25H25FN2O4. The third kappa shape index (κ3) is 6.57. The number of carbonyl (C=O) groups excluding carboxylic acids is 1. The lowest BCUT2D eigenvalue weighted by atomic mass is 10.2. The molecule has 0 aromatic heterocycles. The highest BCUT2D eigenvalue weighted by molar-refractivity contribution is 5.95. The van der Waals surface area contributed by atoms with E-state index in [0.717, 1.165) is 11.1 Å². The summed E-state index contributed by atoms with van der Waals surface area (Å²) in [7, 11) is 0. The Morgan fingerprint density at radius 3 is 2.31 bits per heavy atom. The number of benzene rings is 3. The molecule has 0 aliphatic rings. The van der Waals surface area contributed by atoms with Crippen LogP contribution in [-0.4, -0.2) is 25.3 Å². The SMILES string of the molecule is CCOc1ccc(C(=O)N/N=C\c2ccc(OCc3ccc(F)cc3)c(OCC)c2)cc1. The second-order valence-corrected chi connectivity index (χ2v) is 6.71. The van der Waals surface area contributed by atoms with Crippen LogP contribution >= 0.6 is 0 Å². The molecule has 0 bridgehead atoms. The number of hydrazone groups is 1. The molecule has 0 saturated heterocycles. The Bertz CT molecular complexity index is 1050. The van der Waals surface area contributed by atoms with Crippen molar-refractivity contribution in [1.82, 2.24) is 5.43 Å². The highest BCUT2D eigenvalue weighted by Crippen LogP contribution is 2.29. The number of ether oxygens (including phenoxy) is 3. The van der Waals surface area contributed by atoms with E-state index >= 15 is 0 Å². The summed E-state index contributed by atoms with van der Waals surface area (Å²) in [4.78, 5) is 12.2. The van der Waals surface area contributed by atoms with Gasteiger partial charge in [0.15, 0.2) is 11.5 Å². The van der Waals surface area contributed by atoms with Gasteiger partial charge in [0.2, 0.25) is 0 Å². The maximum atomic E-state index is 13.0. The fourth-order valence-electron chi connectivity index (χ4n) is 2.83. The van der Waals surface area contributed by atoms with Crippen LogP contribution in [0.15, 0.2) is 71.8 Å². The van der Waals surface area contributed by atoms with Gasteiger partial charge in [0, 0.05) is 5.56 Å². The van der Waals surface area contributed by atoms with E-state index in [0.29, 0.717) is 36.0 Å². The van der Waals surface area contributed by atoms with Gasteiger partial charge in [0.1, 0.15) is 18.2 Å². The third-order valence-corrected chi connectivity index (χ3v) is 4.38. The van der Waals surface area contributed by atoms with Crippen LogP contribution < -0.4 is 19.6 Å². The van der Waals surface area contributed by atoms with E-state index in [1.807, 2.05) is 13.8 Å². The fraction of sp³-hybridized carbons (Fsp3) is 0.200. The fourth-order valence-corrected chi connectivity index (χ4v) is 2.83. The van der Waals surface area contributed by atoms with Crippen LogP contribution in [0.25, 0.3) is 0 Å². The Morgan fingerprint density at radius 2 is 1.62 bits per heavy atom. The Balaban J connectivity index is 1.61. The number of carbonyl (C=O) groups is 1. The third-order valence-electron chi connectivity index (χ3n) is 4.38. The van der Waals surface area contributed by atoms with Crippen LogP contribution in [0.4, 0.5) is 4.39 Å². The Morgan fingerprint density at radius 1 is 0.906 bits per heavy atom. The first-order valence-electron chi connectivity index (χ1n) is 10.3. The van der Waals surface area contributed by atoms with Gasteiger partial charge in [-0.05, 0) is 79.6 Å². The monoisotopic (exact) mass is 436 g/mol. The van der Waals surface area contributed by atoms with Gasteiger partial charge >= 0.3 is 0 Å². The highest BCUT2D eigenvalue weighted by atomic mass is 19.1. The molecule has 1 N–H and O–H groups in total. The van der Waals surface area contributed by atoms with Crippen molar-refractivity contribution in [1.29, 1.82) is 0 Å². The van der Waals surface area contributed by atoms with Crippen molar-refractivity contribution >= 4 is 12.1 Å². The smallest absolute Gasteiger partial charge is 0.271 e. The molecule has 32 heavy (non-hydrogen) atoms. The predicted molar refractivity (Wildman–Crippen MR) is 121 cm³/mol. The van der Waals surface area contributed by atoms with Crippen molar-refractivity contribution in [3.8, 4) is 17.2 Å². The molecule has 0 heterocycles. The summed E-state index contributed by atoms with van der Waals surface area (Å²) >= 11 is 0. The molecule has 0 aliphatic heterocycles. The van der Waals surface area contributed by atoms with Gasteiger partial charge in [-0.1, -0.05) is 12.1 Å². The van der Waals surface area contributed by atoms with E-state index < -0.39 is 0 Å². The summed E-state index contributed by atoms with van der Waals surface area (Å²) < 4.78 is 29.9. The van der Waals surface area contributed by atoms with E-state index in [2.05, 4.69) is 10.5 Å². The summed E-state index contributed by atoms with van der Waals surface area (Å²) in [5.74, 6) is 1.21. The van der Waals surface area contributed by atoms with Gasteiger partial charge in [-0.25, -0.2) is 9.82 Å². The quantitative estimate of drug-likeness (QED) is 0.360. The van der Waals surface area contributed by atoms with Gasteiger partial charge in [-0.15, -0.1) is 0 Å². The zero-order chi connectivity index (χ0) is 22.8. The maximum absolute atomic E-state index is 13.0. The molecule has 166 valence electrons. The number of rotatable bonds is 10. The van der Waals surface area contributed by atoms with E-state index in [9.17, 15) is 9.18 Å². The minimum atomic E-state index is -0.325. The first-order chi connectivity index (χ1) is 15.6. The van der Waals surface area contributed by atoms with Crippen LogP contribution in [-0.2, 0) is 6.61 Å². The minimum absolute atomic E-state index is 0.284. The van der Waals surface area contributed by atoms with Crippen LogP contribution in [0.3, 0.4) is 0 Å². The van der Waals surface area contributed by atoms with E-state index in [4.69, 9.17) is 14.2 Å². The second-order valence-electron chi connectivity index (χ2n) is 6.71. The number of halogens is 1. The minimum Gasteiger partial charge on any atom is -0.494 e. The molecule has 0 spiro atoms. The average molecular weight is 436 g/mol. The number of hydrogen-bond acceptors (Lipinski definition) is 5. The van der Waals surface area contributed by atoms with Crippen molar-refractivity contribution in [3.05, 3.63) is 89.2 Å². The zero-order valence-corrected chi connectivity index (χ0v) is 18.0. The van der Waals surface area contributed by atoms with Crippen LogP contribution in [0, 0.1) is 5.82 Å². The molecule has 0 radical (unpaired) electrons. The molecule has 0 aliphatic carbocycles. The van der Waals surface area contributed by atoms with Crippen LogP contribution in [0.5, 0.6) is 17.2 Å². The van der Waals surface area contributed by atoms with Gasteiger partial charge in [0.05, 0.1) is 19.4 Å². The van der Waals surface area contributed by atoms with Gasteiger partial charge in [-0.3, -0.25) is 4.79 Å². The Labute approximate surface area is 186 Å². The summed E-state index contributed by atoms with van der Waals surface area (Å²) in [5, 5.41) is 4.02. The standard InChI is InChI=1S/C25H25FN2O4/c1-3-30-22-12-8-20(9-13-22)25(29)28-27-16-19-7-14-23(24(15-19)31-4-2)32-17-18-5-10-21(26)11-6-18/h5-16H,3-4,17H2,1-2H3,(H,28,29)/b27-16-. The van der Waals surface area contributed by atoms with E-state index in [1.54, 1.807) is 54.6 Å². The number of hydrogen-bond donors (Lipinski definition) is 1. The lowest BCUT2D eigenvalue weighted by Gasteiger charge is -2.12. The molecule has 0 fully saturated rings. The molecule has 3 rings (SSSR count). The lowest BCUT2D eigenvalue weighted by molar-refractivity contribution is 0.0955. The molecule has 6 nitrogen and oxygen atoms in total. The maximum Gasteiger partial charge on any atom is 0.271 e. The Kier molecular flexibility index (Phi) is 8.20. The topological polar surface area (TPSA) is 69.2 Å². The number of nitrogens with one attached hydrogen (secondary N) is 1. The van der Waals surface area contributed by atoms with E-state index in [1.165, 1.54) is 18.3 Å². The van der Waals surface area contributed by atoms with Crippen LogP contribution in [0.2, 0.25) is 0 Å². The van der Waals surface area contributed by atoms with Crippen molar-refractivity contribution in [2.24, 2.45) is 5.10 Å². The molecule has 0 atom stereocenters. The Hall–Kier alpha value is -3.87. The molecule has 7 heteroatoms. The zero-order valence-electron chi connectivity index (χ0n) is 18.0. The van der Waals surface area contributed by atoms with Crippen LogP contribution in [0.1, 0.15) is 35.3 Å². The van der Waals surface area contributed by atoms with Crippen molar-refractivity contribution < 1.29 is 23.4 Å². The predicted octanol–water partition coefficient (Wildman–Crippen LogP) is 4.97. The van der Waals surface area contributed by atoms with Crippen molar-refractivity contribution in [3.63, 3.8) is 0 Å². The summed E-state index contributed by atoms with van der Waals surface area (Å²) in [5.41, 5.74) is 4.56. The van der Waals surface area contributed by atoms with Crippen molar-refractivity contribution in [2.45, 2.75) is 20.5 Å². The van der Waals surface area contributed by atoms with E-state index in [-0.39, 0.29) is 18.3 Å². The highest BCUT2D eigenvalue weighted by Gasteiger charge is 2.08. The molecule has 0 saturated carbocycles. The molecule has 3 aromatic carbocycles. The molecular weight excluding hydrogens is 411 g/mol. The number of nitrogens with zero attached hydrogens (tertiary/aromatic N) is 1. The summed E-state index contributed by atoms with van der Waals surface area (Å²) in [6.07, 6.45) is 1.53. The molecule has 3 aromatic rings. The van der Waals surface area contributed by atoms with Gasteiger partial charge in [0.25, 0.3) is 5.91 Å².